The number of aliphatic carboxylic acids is 1. The number of amides is 1. The van der Waals surface area contributed by atoms with Crippen LogP contribution in [0, 0.1) is 17.8 Å². The summed E-state index contributed by atoms with van der Waals surface area (Å²) in [4.78, 5) is 23.7. The van der Waals surface area contributed by atoms with E-state index < -0.39 is 17.6 Å². The molecule has 28 heavy (non-hydrogen) atoms. The third kappa shape index (κ3) is 5.55. The molecule has 1 aliphatic carbocycles. The van der Waals surface area contributed by atoms with Gasteiger partial charge in [0.1, 0.15) is 11.6 Å². The number of hydrogen-bond acceptors (Lipinski definition) is 4. The van der Waals surface area contributed by atoms with Crippen molar-refractivity contribution >= 4 is 11.9 Å². The van der Waals surface area contributed by atoms with Gasteiger partial charge in [0.15, 0.2) is 0 Å². The third-order valence-electron chi connectivity index (χ3n) is 5.90. The highest BCUT2D eigenvalue weighted by Crippen LogP contribution is 2.41. The molecule has 0 spiro atoms. The van der Waals surface area contributed by atoms with Crippen LogP contribution in [-0.2, 0) is 22.4 Å². The molecule has 1 aromatic rings. The number of nitrogens with one attached hydrogen (secondary N) is 1. The van der Waals surface area contributed by atoms with Crippen LogP contribution < -0.4 is 11.1 Å². The van der Waals surface area contributed by atoms with Crippen LogP contribution in [0.3, 0.4) is 0 Å². The van der Waals surface area contributed by atoms with Crippen LogP contribution in [0.25, 0.3) is 0 Å². The first kappa shape index (κ1) is 22.4. The van der Waals surface area contributed by atoms with Gasteiger partial charge in [0.25, 0.3) is 5.91 Å². The molecule has 1 saturated carbocycles. The van der Waals surface area contributed by atoms with Crippen LogP contribution >= 0.6 is 0 Å². The van der Waals surface area contributed by atoms with E-state index in [1.807, 2.05) is 24.3 Å². The van der Waals surface area contributed by atoms with Gasteiger partial charge in [0, 0.05) is 6.54 Å². The van der Waals surface area contributed by atoms with Crippen LogP contribution in [0.1, 0.15) is 51.2 Å². The summed E-state index contributed by atoms with van der Waals surface area (Å²) < 4.78 is 0. The Bertz CT molecular complexity index is 691. The highest BCUT2D eigenvalue weighted by atomic mass is 16.4. The topological polar surface area (TPSA) is 113 Å². The van der Waals surface area contributed by atoms with Gasteiger partial charge < -0.3 is 21.3 Å². The molecule has 2 rings (SSSR count). The van der Waals surface area contributed by atoms with Crippen LogP contribution in [0.15, 0.2) is 24.3 Å². The molecule has 5 N–H and O–H groups in total. The molecule has 1 fully saturated rings. The summed E-state index contributed by atoms with van der Waals surface area (Å²) in [5.74, 6) is -0.738. The summed E-state index contributed by atoms with van der Waals surface area (Å²) in [6.07, 6.45) is 3.30. The third-order valence-corrected chi connectivity index (χ3v) is 5.90. The Kier molecular flexibility index (Phi) is 7.61. The van der Waals surface area contributed by atoms with Gasteiger partial charge in [-0.3, -0.25) is 9.59 Å². The van der Waals surface area contributed by atoms with Crippen molar-refractivity contribution in [2.24, 2.45) is 23.5 Å². The summed E-state index contributed by atoms with van der Waals surface area (Å²) in [5.41, 5.74) is 6.16. The Hall–Kier alpha value is -1.92. The van der Waals surface area contributed by atoms with Crippen molar-refractivity contribution in [1.29, 1.82) is 0 Å². The van der Waals surface area contributed by atoms with Gasteiger partial charge in [0.2, 0.25) is 0 Å². The highest BCUT2D eigenvalue weighted by molar-refractivity contribution is 5.85. The minimum Gasteiger partial charge on any atom is -0.480 e. The molecule has 0 aliphatic heterocycles. The first-order valence-corrected chi connectivity index (χ1v) is 10.2. The first-order chi connectivity index (χ1) is 13.1. The molecule has 6 heteroatoms. The molecule has 1 aliphatic rings. The molecule has 4 atom stereocenters. The summed E-state index contributed by atoms with van der Waals surface area (Å²) in [5, 5.41) is 23.0. The fourth-order valence-corrected chi connectivity index (χ4v) is 4.36. The molecule has 0 bridgehead atoms. The van der Waals surface area contributed by atoms with E-state index in [0.29, 0.717) is 25.3 Å². The van der Waals surface area contributed by atoms with Crippen LogP contribution in [0.2, 0.25) is 0 Å². The van der Waals surface area contributed by atoms with Crippen molar-refractivity contribution in [2.75, 3.05) is 6.54 Å². The SMILES string of the molecule is CC(C)[C@@H]1CC[C@@H](C)C[C@@]1(O)C(=O)NCCc1cccc(C[C@H](N)C(=O)O)c1. The predicted octanol–water partition coefficient (Wildman–Crippen LogP) is 2.12. The van der Waals surface area contributed by atoms with E-state index in [0.717, 1.165) is 24.0 Å². The van der Waals surface area contributed by atoms with Gasteiger partial charge in [-0.1, -0.05) is 51.5 Å². The van der Waals surface area contributed by atoms with E-state index in [-0.39, 0.29) is 24.2 Å². The average molecular weight is 391 g/mol. The number of aliphatic hydroxyl groups is 1. The summed E-state index contributed by atoms with van der Waals surface area (Å²) in [6.45, 7) is 6.63. The molecule has 0 aromatic heterocycles. The number of nitrogens with two attached hydrogens (primary N) is 1. The number of hydrogen-bond donors (Lipinski definition) is 4. The van der Waals surface area contributed by atoms with Crippen molar-refractivity contribution in [3.63, 3.8) is 0 Å². The monoisotopic (exact) mass is 390 g/mol. The second-order valence-electron chi connectivity index (χ2n) is 8.64. The lowest BCUT2D eigenvalue weighted by Gasteiger charge is -2.43. The zero-order valence-electron chi connectivity index (χ0n) is 17.1. The zero-order chi connectivity index (χ0) is 20.9. The largest absolute Gasteiger partial charge is 0.480 e. The fraction of sp³-hybridized carbons (Fsp3) is 0.636. The van der Waals surface area contributed by atoms with E-state index in [4.69, 9.17) is 10.8 Å². The van der Waals surface area contributed by atoms with Gasteiger partial charge in [0.05, 0.1) is 0 Å². The standard InChI is InChI=1S/C22H34N2O4/c1-14(2)18-8-7-15(3)13-22(18,28)21(27)24-10-9-16-5-4-6-17(11-16)12-19(23)20(25)26/h4-6,11,14-15,18-19,28H,7-10,12-13,23H2,1-3H3,(H,24,27)(H,25,26)/t15-,18+,19+,22+/m1/s1. The Balaban J connectivity index is 1.95. The second-order valence-corrected chi connectivity index (χ2v) is 8.64. The van der Waals surface area contributed by atoms with Gasteiger partial charge in [-0.25, -0.2) is 0 Å². The van der Waals surface area contributed by atoms with Crippen molar-refractivity contribution in [3.05, 3.63) is 35.4 Å². The molecule has 0 heterocycles. The lowest BCUT2D eigenvalue weighted by molar-refractivity contribution is -0.155. The molecule has 0 radical (unpaired) electrons. The zero-order valence-corrected chi connectivity index (χ0v) is 17.1. The molecule has 6 nitrogen and oxygen atoms in total. The quantitative estimate of drug-likeness (QED) is 0.543. The lowest BCUT2D eigenvalue weighted by atomic mass is 9.66. The van der Waals surface area contributed by atoms with Crippen LogP contribution in [0.5, 0.6) is 0 Å². The number of carbonyl (C=O) groups is 2. The Labute approximate surface area is 167 Å². The summed E-state index contributed by atoms with van der Waals surface area (Å²) in [6, 6.07) is 6.65. The van der Waals surface area contributed by atoms with Crippen molar-refractivity contribution in [2.45, 2.75) is 64.5 Å². The predicted molar refractivity (Wildman–Crippen MR) is 109 cm³/mol. The molecule has 1 aromatic carbocycles. The number of benzene rings is 1. The number of carboxylic acid groups (broad SMARTS) is 1. The Morgan fingerprint density at radius 3 is 2.61 bits per heavy atom. The highest BCUT2D eigenvalue weighted by Gasteiger charge is 2.48. The summed E-state index contributed by atoms with van der Waals surface area (Å²) in [7, 11) is 0. The average Bonchev–Trinajstić information content (AvgIpc) is 2.61. The van der Waals surface area contributed by atoms with E-state index >= 15 is 0 Å². The maximum atomic E-state index is 12.8. The summed E-state index contributed by atoms with van der Waals surface area (Å²) >= 11 is 0. The van der Waals surface area contributed by atoms with Crippen LogP contribution in [-0.4, -0.2) is 40.3 Å². The molecule has 0 saturated heterocycles. The van der Waals surface area contributed by atoms with Gasteiger partial charge >= 0.3 is 5.97 Å². The maximum Gasteiger partial charge on any atom is 0.320 e. The van der Waals surface area contributed by atoms with Gasteiger partial charge in [-0.2, -0.15) is 0 Å². The molecule has 0 unspecified atom stereocenters. The van der Waals surface area contributed by atoms with Gasteiger partial charge in [-0.05, 0) is 54.6 Å². The maximum absolute atomic E-state index is 12.8. The first-order valence-electron chi connectivity index (χ1n) is 10.2. The minimum atomic E-state index is -1.30. The van der Waals surface area contributed by atoms with E-state index in [1.165, 1.54) is 0 Å². The number of carbonyl (C=O) groups excluding carboxylic acids is 1. The smallest absolute Gasteiger partial charge is 0.320 e. The lowest BCUT2D eigenvalue weighted by Crippen LogP contribution is -2.56. The Morgan fingerprint density at radius 1 is 1.29 bits per heavy atom. The molecular formula is C22H34N2O4. The van der Waals surface area contributed by atoms with Crippen molar-refractivity contribution < 1.29 is 19.8 Å². The van der Waals surface area contributed by atoms with E-state index in [2.05, 4.69) is 26.1 Å². The van der Waals surface area contributed by atoms with E-state index in [9.17, 15) is 14.7 Å². The number of rotatable bonds is 8. The second kappa shape index (κ2) is 9.52. The Morgan fingerprint density at radius 2 is 1.96 bits per heavy atom. The molecule has 156 valence electrons. The molecule has 1 amide bonds. The van der Waals surface area contributed by atoms with Gasteiger partial charge in [-0.15, -0.1) is 0 Å². The van der Waals surface area contributed by atoms with Crippen molar-refractivity contribution in [1.82, 2.24) is 5.32 Å². The van der Waals surface area contributed by atoms with Crippen molar-refractivity contribution in [3.8, 4) is 0 Å². The minimum absolute atomic E-state index is 0.0236. The van der Waals surface area contributed by atoms with Crippen LogP contribution in [0.4, 0.5) is 0 Å². The van der Waals surface area contributed by atoms with E-state index in [1.54, 1.807) is 0 Å². The normalized spacial score (nSPS) is 26.1. The fourth-order valence-electron chi connectivity index (χ4n) is 4.36. The number of carboxylic acids is 1. The molecular weight excluding hydrogens is 356 g/mol.